The summed E-state index contributed by atoms with van der Waals surface area (Å²) in [6.07, 6.45) is 4.56. The summed E-state index contributed by atoms with van der Waals surface area (Å²) < 4.78 is 16.6. The van der Waals surface area contributed by atoms with Crippen LogP contribution in [0, 0.1) is 5.92 Å². The number of hydrogen-bond donors (Lipinski definition) is 1. The predicted molar refractivity (Wildman–Crippen MR) is 78.6 cm³/mol. The minimum atomic E-state index is 0.123. The van der Waals surface area contributed by atoms with E-state index in [1.807, 2.05) is 11.8 Å². The zero-order valence-corrected chi connectivity index (χ0v) is 12.8. The van der Waals surface area contributed by atoms with E-state index in [1.54, 1.807) is 7.11 Å². The first-order valence-electron chi connectivity index (χ1n) is 7.30. The van der Waals surface area contributed by atoms with Gasteiger partial charge < -0.3 is 19.9 Å². The van der Waals surface area contributed by atoms with E-state index in [1.165, 1.54) is 24.3 Å². The fraction of sp³-hybridized carbons (Fsp3) is 1.00. The Balaban J connectivity index is 1.76. The highest BCUT2D eigenvalue weighted by Gasteiger charge is 2.40. The van der Waals surface area contributed by atoms with E-state index in [-0.39, 0.29) is 11.6 Å². The maximum absolute atomic E-state index is 6.29. The van der Waals surface area contributed by atoms with E-state index in [2.05, 4.69) is 0 Å². The molecule has 0 bridgehead atoms. The Morgan fingerprint density at radius 3 is 2.89 bits per heavy atom. The number of hydrogen-bond acceptors (Lipinski definition) is 5. The average molecular weight is 289 g/mol. The second kappa shape index (κ2) is 7.84. The molecule has 2 aliphatic rings. The van der Waals surface area contributed by atoms with Gasteiger partial charge >= 0.3 is 0 Å². The molecule has 0 aromatic carbocycles. The van der Waals surface area contributed by atoms with E-state index >= 15 is 0 Å². The van der Waals surface area contributed by atoms with Gasteiger partial charge in [0.1, 0.15) is 0 Å². The van der Waals surface area contributed by atoms with Crippen molar-refractivity contribution in [2.75, 3.05) is 45.0 Å². The highest BCUT2D eigenvalue weighted by molar-refractivity contribution is 7.99. The Kier molecular flexibility index (Phi) is 6.42. The van der Waals surface area contributed by atoms with Crippen LogP contribution in [0.4, 0.5) is 0 Å². The third-order valence-electron chi connectivity index (χ3n) is 4.28. The molecule has 2 rings (SSSR count). The molecule has 2 saturated heterocycles. The minimum absolute atomic E-state index is 0.123. The Bertz CT molecular complexity index is 254. The van der Waals surface area contributed by atoms with Crippen molar-refractivity contribution >= 4 is 11.8 Å². The minimum Gasteiger partial charge on any atom is -0.382 e. The van der Waals surface area contributed by atoms with Crippen molar-refractivity contribution < 1.29 is 14.2 Å². The molecular formula is C14H27NO3S. The molecule has 2 heterocycles. The molecule has 4 nitrogen and oxygen atoms in total. The zero-order chi connectivity index (χ0) is 13.6. The van der Waals surface area contributed by atoms with Crippen LogP contribution in [0.15, 0.2) is 0 Å². The molecule has 112 valence electrons. The number of methoxy groups -OCH3 is 1. The molecule has 0 aromatic heterocycles. The van der Waals surface area contributed by atoms with Crippen LogP contribution in [0.5, 0.6) is 0 Å². The van der Waals surface area contributed by atoms with Crippen molar-refractivity contribution in [3.05, 3.63) is 0 Å². The quantitative estimate of drug-likeness (QED) is 0.754. The molecule has 0 amide bonds. The van der Waals surface area contributed by atoms with Gasteiger partial charge in [0.2, 0.25) is 0 Å². The fourth-order valence-corrected chi connectivity index (χ4v) is 4.26. The van der Waals surface area contributed by atoms with Crippen molar-refractivity contribution in [2.45, 2.75) is 37.3 Å². The number of nitrogens with two attached hydrogens (primary N) is 1. The normalized spacial score (nSPS) is 28.4. The van der Waals surface area contributed by atoms with E-state index in [4.69, 9.17) is 19.9 Å². The van der Waals surface area contributed by atoms with Crippen LogP contribution in [-0.4, -0.2) is 56.7 Å². The van der Waals surface area contributed by atoms with Gasteiger partial charge in [-0.25, -0.2) is 0 Å². The molecule has 0 saturated carbocycles. The summed E-state index contributed by atoms with van der Waals surface area (Å²) in [6, 6.07) is 0.132. The van der Waals surface area contributed by atoms with Gasteiger partial charge in [0.05, 0.1) is 25.4 Å². The van der Waals surface area contributed by atoms with Crippen LogP contribution < -0.4 is 5.73 Å². The third kappa shape index (κ3) is 4.60. The SMILES string of the molecule is COCCOCC(N)C1CCOC2(CCSCC2)C1. The Labute approximate surface area is 120 Å². The maximum Gasteiger partial charge on any atom is 0.0701 e. The van der Waals surface area contributed by atoms with Crippen LogP contribution in [-0.2, 0) is 14.2 Å². The molecule has 2 atom stereocenters. The third-order valence-corrected chi connectivity index (χ3v) is 5.27. The summed E-state index contributed by atoms with van der Waals surface area (Å²) in [5, 5.41) is 0. The molecule has 2 fully saturated rings. The summed E-state index contributed by atoms with van der Waals surface area (Å²) in [6.45, 7) is 2.77. The van der Waals surface area contributed by atoms with E-state index < -0.39 is 0 Å². The predicted octanol–water partition coefficient (Wildman–Crippen LogP) is 1.67. The van der Waals surface area contributed by atoms with Crippen LogP contribution in [0.2, 0.25) is 0 Å². The van der Waals surface area contributed by atoms with Gasteiger partial charge in [-0.2, -0.15) is 11.8 Å². The summed E-state index contributed by atoms with van der Waals surface area (Å²) in [4.78, 5) is 0. The molecule has 5 heteroatoms. The number of ether oxygens (including phenoxy) is 3. The lowest BCUT2D eigenvalue weighted by molar-refractivity contribution is -0.108. The molecule has 0 aromatic rings. The first-order chi connectivity index (χ1) is 9.26. The largest absolute Gasteiger partial charge is 0.382 e. The number of rotatable bonds is 6. The van der Waals surface area contributed by atoms with Crippen molar-refractivity contribution in [1.82, 2.24) is 0 Å². The van der Waals surface area contributed by atoms with Gasteiger partial charge in [-0.05, 0) is 43.1 Å². The summed E-state index contributed by atoms with van der Waals surface area (Å²) in [7, 11) is 1.69. The lowest BCUT2D eigenvalue weighted by Crippen LogP contribution is -2.48. The summed E-state index contributed by atoms with van der Waals surface area (Å²) in [5.74, 6) is 3.00. The molecule has 0 aliphatic carbocycles. The van der Waals surface area contributed by atoms with E-state index in [9.17, 15) is 0 Å². The summed E-state index contributed by atoms with van der Waals surface area (Å²) in [5.41, 5.74) is 6.42. The van der Waals surface area contributed by atoms with Crippen LogP contribution in [0.1, 0.15) is 25.7 Å². The van der Waals surface area contributed by atoms with Crippen LogP contribution >= 0.6 is 11.8 Å². The topological polar surface area (TPSA) is 53.7 Å². The van der Waals surface area contributed by atoms with Gasteiger partial charge in [-0.3, -0.25) is 0 Å². The Morgan fingerprint density at radius 2 is 2.16 bits per heavy atom. The molecular weight excluding hydrogens is 262 g/mol. The first-order valence-corrected chi connectivity index (χ1v) is 8.45. The standard InChI is InChI=1S/C14H27NO3S/c1-16-6-7-17-11-13(15)12-2-5-18-14(10-12)3-8-19-9-4-14/h12-13H,2-11,15H2,1H3. The average Bonchev–Trinajstić information content (AvgIpc) is 2.44. The second-order valence-corrected chi connectivity index (χ2v) is 6.85. The van der Waals surface area contributed by atoms with Crippen molar-refractivity contribution in [2.24, 2.45) is 11.7 Å². The summed E-state index contributed by atoms with van der Waals surface area (Å²) >= 11 is 2.04. The van der Waals surface area contributed by atoms with Crippen LogP contribution in [0.3, 0.4) is 0 Å². The van der Waals surface area contributed by atoms with Gasteiger partial charge in [-0.15, -0.1) is 0 Å². The second-order valence-electron chi connectivity index (χ2n) is 5.63. The highest BCUT2D eigenvalue weighted by atomic mass is 32.2. The molecule has 2 unspecified atom stereocenters. The lowest BCUT2D eigenvalue weighted by Gasteiger charge is -2.44. The Hall–Kier alpha value is 0.190. The fourth-order valence-electron chi connectivity index (χ4n) is 3.02. The lowest BCUT2D eigenvalue weighted by atomic mass is 9.79. The molecule has 2 aliphatic heterocycles. The highest BCUT2D eigenvalue weighted by Crippen LogP contribution is 2.40. The Morgan fingerprint density at radius 1 is 1.37 bits per heavy atom. The van der Waals surface area contributed by atoms with Gasteiger partial charge in [0, 0.05) is 19.8 Å². The van der Waals surface area contributed by atoms with Crippen molar-refractivity contribution in [1.29, 1.82) is 0 Å². The maximum atomic E-state index is 6.29. The van der Waals surface area contributed by atoms with Gasteiger partial charge in [-0.1, -0.05) is 0 Å². The van der Waals surface area contributed by atoms with Gasteiger partial charge in [0.25, 0.3) is 0 Å². The molecule has 19 heavy (non-hydrogen) atoms. The van der Waals surface area contributed by atoms with Gasteiger partial charge in [0.15, 0.2) is 0 Å². The van der Waals surface area contributed by atoms with Crippen molar-refractivity contribution in [3.8, 4) is 0 Å². The first kappa shape index (κ1) is 15.6. The zero-order valence-electron chi connectivity index (χ0n) is 11.9. The van der Waals surface area contributed by atoms with E-state index in [0.717, 1.165) is 19.4 Å². The smallest absolute Gasteiger partial charge is 0.0701 e. The van der Waals surface area contributed by atoms with Crippen LogP contribution in [0.25, 0.3) is 0 Å². The number of thioether (sulfide) groups is 1. The molecule has 1 spiro atoms. The van der Waals surface area contributed by atoms with Crippen molar-refractivity contribution in [3.63, 3.8) is 0 Å². The molecule has 0 radical (unpaired) electrons. The molecule has 2 N–H and O–H groups in total. The van der Waals surface area contributed by atoms with E-state index in [0.29, 0.717) is 25.7 Å². The monoisotopic (exact) mass is 289 g/mol.